The Morgan fingerprint density at radius 1 is 1.27 bits per heavy atom. The maximum atomic E-state index is 10.1. The van der Waals surface area contributed by atoms with Crippen LogP contribution in [0.2, 0.25) is 0 Å². The molecule has 0 fully saturated rings. The summed E-state index contributed by atoms with van der Waals surface area (Å²) in [6.07, 6.45) is 1.17. The Balaban J connectivity index is 1.67. The minimum atomic E-state index is -0.412. The number of benzene rings is 2. The van der Waals surface area contributed by atoms with Gasteiger partial charge in [0.05, 0.1) is 17.9 Å². The van der Waals surface area contributed by atoms with E-state index >= 15 is 0 Å². The fourth-order valence-corrected chi connectivity index (χ4v) is 3.33. The van der Waals surface area contributed by atoms with E-state index in [4.69, 9.17) is 15.0 Å². The maximum Gasteiger partial charge on any atom is 0.258 e. The van der Waals surface area contributed by atoms with E-state index in [1.165, 1.54) is 0 Å². The zero-order valence-corrected chi connectivity index (χ0v) is 14.8. The molecule has 0 saturated carbocycles. The molecule has 1 aliphatic carbocycles. The molecule has 1 heterocycles. The lowest BCUT2D eigenvalue weighted by Crippen LogP contribution is -2.07. The van der Waals surface area contributed by atoms with Gasteiger partial charge >= 0.3 is 0 Å². The van der Waals surface area contributed by atoms with Crippen LogP contribution in [0.15, 0.2) is 40.9 Å². The van der Waals surface area contributed by atoms with E-state index in [-0.39, 0.29) is 6.10 Å². The van der Waals surface area contributed by atoms with Crippen molar-refractivity contribution < 1.29 is 14.4 Å². The van der Waals surface area contributed by atoms with Crippen LogP contribution in [0, 0.1) is 0 Å². The van der Waals surface area contributed by atoms with Crippen molar-refractivity contribution in [3.05, 3.63) is 47.5 Å². The molecule has 134 valence electrons. The molecular weight excluding hydrogens is 330 g/mol. The summed E-state index contributed by atoms with van der Waals surface area (Å²) in [6, 6.07) is 11.3. The zero-order valence-electron chi connectivity index (χ0n) is 14.8. The molecule has 1 aliphatic rings. The van der Waals surface area contributed by atoms with Crippen molar-refractivity contribution in [3.63, 3.8) is 0 Å². The highest BCUT2D eigenvalue weighted by Crippen LogP contribution is 2.37. The standard InChI is InChI=1S/C20H21N3O3/c1-11(2)25-18-9-6-12(10-16(18)21)20-22-19(23-26-20)15-5-3-4-14-13(15)7-8-17(14)24/h3-6,9-11,17,24H,7-8,21H2,1-2H3/t17-/m0/s1. The van der Waals surface area contributed by atoms with Crippen LogP contribution in [-0.4, -0.2) is 21.4 Å². The van der Waals surface area contributed by atoms with Gasteiger partial charge in [-0.15, -0.1) is 0 Å². The van der Waals surface area contributed by atoms with Gasteiger partial charge in [-0.25, -0.2) is 0 Å². The van der Waals surface area contributed by atoms with E-state index in [0.29, 0.717) is 23.2 Å². The summed E-state index contributed by atoms with van der Waals surface area (Å²) >= 11 is 0. The smallest absolute Gasteiger partial charge is 0.258 e. The van der Waals surface area contributed by atoms with Crippen molar-refractivity contribution >= 4 is 5.69 Å². The van der Waals surface area contributed by atoms with E-state index < -0.39 is 6.10 Å². The molecule has 0 radical (unpaired) electrons. The predicted octanol–water partition coefficient (Wildman–Crippen LogP) is 3.75. The second-order valence-electron chi connectivity index (χ2n) is 6.77. The molecule has 26 heavy (non-hydrogen) atoms. The maximum absolute atomic E-state index is 10.1. The molecule has 1 atom stereocenters. The third-order valence-electron chi connectivity index (χ3n) is 4.53. The monoisotopic (exact) mass is 351 g/mol. The fraction of sp³-hybridized carbons (Fsp3) is 0.300. The Labute approximate surface area is 151 Å². The Morgan fingerprint density at radius 3 is 2.88 bits per heavy atom. The van der Waals surface area contributed by atoms with Crippen LogP contribution in [0.4, 0.5) is 5.69 Å². The predicted molar refractivity (Wildman–Crippen MR) is 98.6 cm³/mol. The van der Waals surface area contributed by atoms with Gasteiger partial charge in [0.2, 0.25) is 5.82 Å². The molecule has 6 nitrogen and oxygen atoms in total. The molecule has 0 saturated heterocycles. The van der Waals surface area contributed by atoms with Crippen molar-refractivity contribution in [2.24, 2.45) is 0 Å². The van der Waals surface area contributed by atoms with E-state index in [0.717, 1.165) is 35.1 Å². The number of nitrogens with two attached hydrogens (primary N) is 1. The number of hydrogen-bond donors (Lipinski definition) is 2. The van der Waals surface area contributed by atoms with Crippen molar-refractivity contribution in [3.8, 4) is 28.6 Å². The number of aliphatic hydroxyl groups is 1. The molecule has 0 spiro atoms. The number of nitrogens with zero attached hydrogens (tertiary/aromatic N) is 2. The van der Waals surface area contributed by atoms with Crippen LogP contribution in [-0.2, 0) is 6.42 Å². The number of hydrogen-bond acceptors (Lipinski definition) is 6. The molecule has 2 aromatic carbocycles. The Kier molecular flexibility index (Phi) is 4.12. The van der Waals surface area contributed by atoms with Gasteiger partial charge < -0.3 is 20.1 Å². The lowest BCUT2D eigenvalue weighted by Gasteiger charge is -2.12. The van der Waals surface area contributed by atoms with Gasteiger partial charge in [-0.1, -0.05) is 23.4 Å². The first-order valence-corrected chi connectivity index (χ1v) is 8.73. The highest BCUT2D eigenvalue weighted by atomic mass is 16.5. The van der Waals surface area contributed by atoms with Gasteiger partial charge in [0.15, 0.2) is 0 Å². The highest BCUT2D eigenvalue weighted by molar-refractivity contribution is 5.68. The number of aromatic nitrogens is 2. The van der Waals surface area contributed by atoms with Gasteiger partial charge in [0.25, 0.3) is 5.89 Å². The van der Waals surface area contributed by atoms with Crippen LogP contribution in [0.5, 0.6) is 5.75 Å². The summed E-state index contributed by atoms with van der Waals surface area (Å²) in [4.78, 5) is 4.53. The summed E-state index contributed by atoms with van der Waals surface area (Å²) in [6.45, 7) is 3.90. The first-order chi connectivity index (χ1) is 12.5. The van der Waals surface area contributed by atoms with Gasteiger partial charge in [-0.3, -0.25) is 0 Å². The Morgan fingerprint density at radius 2 is 2.12 bits per heavy atom. The third-order valence-corrected chi connectivity index (χ3v) is 4.53. The largest absolute Gasteiger partial charge is 0.489 e. The second-order valence-corrected chi connectivity index (χ2v) is 6.77. The average molecular weight is 351 g/mol. The van der Waals surface area contributed by atoms with E-state index in [9.17, 15) is 5.11 Å². The zero-order chi connectivity index (χ0) is 18.3. The Hall–Kier alpha value is -2.86. The van der Waals surface area contributed by atoms with Crippen molar-refractivity contribution in [1.82, 2.24) is 10.1 Å². The summed E-state index contributed by atoms with van der Waals surface area (Å²) in [5.74, 6) is 1.56. The normalized spacial score (nSPS) is 16.1. The average Bonchev–Trinajstić information content (AvgIpc) is 3.24. The molecule has 4 rings (SSSR count). The molecule has 3 aromatic rings. The van der Waals surface area contributed by atoms with Gasteiger partial charge in [-0.2, -0.15) is 4.98 Å². The minimum absolute atomic E-state index is 0.0497. The summed E-state index contributed by atoms with van der Waals surface area (Å²) in [5.41, 5.74) is 10.3. The minimum Gasteiger partial charge on any atom is -0.489 e. The van der Waals surface area contributed by atoms with Crippen LogP contribution >= 0.6 is 0 Å². The molecule has 3 N–H and O–H groups in total. The second kappa shape index (κ2) is 6.46. The summed E-state index contributed by atoms with van der Waals surface area (Å²) < 4.78 is 11.1. The quantitative estimate of drug-likeness (QED) is 0.695. The molecule has 0 aliphatic heterocycles. The number of anilines is 1. The van der Waals surface area contributed by atoms with Crippen molar-refractivity contribution in [2.45, 2.75) is 38.9 Å². The fourth-order valence-electron chi connectivity index (χ4n) is 3.33. The molecule has 1 aromatic heterocycles. The van der Waals surface area contributed by atoms with Crippen LogP contribution in [0.3, 0.4) is 0 Å². The lowest BCUT2D eigenvalue weighted by atomic mass is 10.0. The van der Waals surface area contributed by atoms with Crippen molar-refractivity contribution in [1.29, 1.82) is 0 Å². The highest BCUT2D eigenvalue weighted by Gasteiger charge is 2.25. The van der Waals surface area contributed by atoms with Gasteiger partial charge in [-0.05, 0) is 56.0 Å². The van der Waals surface area contributed by atoms with Crippen LogP contribution in [0.25, 0.3) is 22.8 Å². The number of rotatable bonds is 4. The van der Waals surface area contributed by atoms with Crippen LogP contribution < -0.4 is 10.5 Å². The SMILES string of the molecule is CC(C)Oc1ccc(-c2nc(-c3cccc4c3CC[C@@H]4O)no2)cc1N. The number of fused-ring (bicyclic) bond motifs is 1. The number of nitrogen functional groups attached to an aromatic ring is 1. The molecule has 0 bridgehead atoms. The molecule has 6 heteroatoms. The van der Waals surface area contributed by atoms with E-state index in [1.54, 1.807) is 6.07 Å². The molecule has 0 unspecified atom stereocenters. The summed E-state index contributed by atoms with van der Waals surface area (Å²) in [7, 11) is 0. The third kappa shape index (κ3) is 2.93. The van der Waals surface area contributed by atoms with E-state index in [2.05, 4.69) is 10.1 Å². The topological polar surface area (TPSA) is 94.4 Å². The van der Waals surface area contributed by atoms with Crippen molar-refractivity contribution in [2.75, 3.05) is 5.73 Å². The first kappa shape index (κ1) is 16.6. The summed E-state index contributed by atoms with van der Waals surface area (Å²) in [5, 5.41) is 14.2. The van der Waals surface area contributed by atoms with Crippen LogP contribution in [0.1, 0.15) is 37.5 Å². The molecular formula is C20H21N3O3. The number of ether oxygens (including phenoxy) is 1. The first-order valence-electron chi connectivity index (χ1n) is 8.73. The molecule has 0 amide bonds. The van der Waals surface area contributed by atoms with Gasteiger partial charge in [0.1, 0.15) is 5.75 Å². The van der Waals surface area contributed by atoms with Gasteiger partial charge in [0, 0.05) is 11.1 Å². The lowest BCUT2D eigenvalue weighted by molar-refractivity contribution is 0.180. The Bertz CT molecular complexity index is 949. The van der Waals surface area contributed by atoms with E-state index in [1.807, 2.05) is 44.2 Å². The number of aliphatic hydroxyl groups excluding tert-OH is 1.